The van der Waals surface area contributed by atoms with Crippen molar-refractivity contribution in [3.8, 4) is 10.4 Å². The number of nitrogens with one attached hydrogen (secondary N) is 1. The van der Waals surface area contributed by atoms with E-state index in [0.29, 0.717) is 10.2 Å². The smallest absolute Gasteiger partial charge is 0.271 e. The van der Waals surface area contributed by atoms with E-state index in [1.165, 1.54) is 22.2 Å². The molecular weight excluding hydrogens is 370 g/mol. The van der Waals surface area contributed by atoms with Crippen LogP contribution in [0.25, 0.3) is 20.7 Å². The largest absolute Gasteiger partial charge is 0.324 e. The third-order valence-electron chi connectivity index (χ3n) is 4.55. The fourth-order valence-electron chi connectivity index (χ4n) is 3.10. The van der Waals surface area contributed by atoms with Crippen LogP contribution in [0.15, 0.2) is 71.8 Å². The number of aromatic nitrogens is 2. The van der Waals surface area contributed by atoms with E-state index in [1.807, 2.05) is 67.6 Å². The molecule has 6 heteroatoms. The number of benzene rings is 2. The lowest BCUT2D eigenvalue weighted by molar-refractivity contribution is -0.116. The molecule has 0 atom stereocenters. The first-order valence-corrected chi connectivity index (χ1v) is 9.89. The predicted molar refractivity (Wildman–Crippen MR) is 114 cm³/mol. The van der Waals surface area contributed by atoms with Crippen molar-refractivity contribution in [1.82, 2.24) is 9.55 Å². The van der Waals surface area contributed by atoms with Crippen LogP contribution in [0.1, 0.15) is 12.5 Å². The standard InChI is InChI=1S/C22H19N3O2S/c1-2-15-8-6-7-11-17(15)24-20(26)13-25-14-23-18-12-19(28-21(18)22(25)27)16-9-4-3-5-10-16/h3-12,14H,2,13H2,1H3,(H,24,26). The molecule has 28 heavy (non-hydrogen) atoms. The van der Waals surface area contributed by atoms with E-state index in [0.717, 1.165) is 28.1 Å². The van der Waals surface area contributed by atoms with Crippen LogP contribution in [0.5, 0.6) is 0 Å². The second-order valence-electron chi connectivity index (χ2n) is 6.43. The summed E-state index contributed by atoms with van der Waals surface area (Å²) in [5.41, 5.74) is 3.34. The van der Waals surface area contributed by atoms with Crippen molar-refractivity contribution in [3.05, 3.63) is 82.9 Å². The van der Waals surface area contributed by atoms with Crippen molar-refractivity contribution in [2.24, 2.45) is 0 Å². The molecule has 0 fully saturated rings. The van der Waals surface area contributed by atoms with Gasteiger partial charge in [0.05, 0.1) is 11.8 Å². The number of hydrogen-bond donors (Lipinski definition) is 1. The Bertz CT molecular complexity index is 1200. The van der Waals surface area contributed by atoms with Gasteiger partial charge in [0.2, 0.25) is 5.91 Å². The number of thiophene rings is 1. The highest BCUT2D eigenvalue weighted by Crippen LogP contribution is 2.30. The summed E-state index contributed by atoms with van der Waals surface area (Å²) in [4.78, 5) is 30.7. The maximum atomic E-state index is 12.8. The molecule has 0 radical (unpaired) electrons. The van der Waals surface area contributed by atoms with Crippen LogP contribution in [-0.2, 0) is 17.8 Å². The number of amides is 1. The molecule has 0 aliphatic heterocycles. The molecule has 4 rings (SSSR count). The van der Waals surface area contributed by atoms with Crippen molar-refractivity contribution in [3.63, 3.8) is 0 Å². The molecule has 140 valence electrons. The van der Waals surface area contributed by atoms with Gasteiger partial charge in [-0.1, -0.05) is 55.5 Å². The van der Waals surface area contributed by atoms with Crippen LogP contribution < -0.4 is 10.9 Å². The van der Waals surface area contributed by atoms with Gasteiger partial charge in [0, 0.05) is 10.6 Å². The predicted octanol–water partition coefficient (Wildman–Crippen LogP) is 4.33. The average molecular weight is 389 g/mol. The van der Waals surface area contributed by atoms with Gasteiger partial charge in [-0.25, -0.2) is 4.98 Å². The molecular formula is C22H19N3O2S. The maximum absolute atomic E-state index is 12.8. The van der Waals surface area contributed by atoms with Gasteiger partial charge in [0.15, 0.2) is 0 Å². The Morgan fingerprint density at radius 3 is 2.64 bits per heavy atom. The lowest BCUT2D eigenvalue weighted by Gasteiger charge is -2.10. The number of para-hydroxylation sites is 1. The Morgan fingerprint density at radius 2 is 1.86 bits per heavy atom. The summed E-state index contributed by atoms with van der Waals surface area (Å²) in [6, 6.07) is 19.5. The number of aryl methyl sites for hydroxylation is 1. The number of hydrogen-bond acceptors (Lipinski definition) is 4. The van der Waals surface area contributed by atoms with Crippen molar-refractivity contribution >= 4 is 33.1 Å². The number of rotatable bonds is 5. The van der Waals surface area contributed by atoms with E-state index in [-0.39, 0.29) is 18.0 Å². The van der Waals surface area contributed by atoms with Gasteiger partial charge in [-0.15, -0.1) is 11.3 Å². The van der Waals surface area contributed by atoms with Gasteiger partial charge in [-0.05, 0) is 29.7 Å². The van der Waals surface area contributed by atoms with Gasteiger partial charge in [-0.3, -0.25) is 14.2 Å². The highest BCUT2D eigenvalue weighted by Gasteiger charge is 2.13. The van der Waals surface area contributed by atoms with Crippen LogP contribution in [0.3, 0.4) is 0 Å². The highest BCUT2D eigenvalue weighted by atomic mass is 32.1. The van der Waals surface area contributed by atoms with E-state index in [4.69, 9.17) is 0 Å². The molecule has 0 spiro atoms. The summed E-state index contributed by atoms with van der Waals surface area (Å²) in [5, 5.41) is 2.89. The fourth-order valence-corrected chi connectivity index (χ4v) is 4.16. The first kappa shape index (κ1) is 18.1. The minimum Gasteiger partial charge on any atom is -0.324 e. The first-order chi connectivity index (χ1) is 13.7. The first-order valence-electron chi connectivity index (χ1n) is 9.08. The Balaban J connectivity index is 1.60. The number of carbonyl (C=O) groups is 1. The second kappa shape index (κ2) is 7.78. The van der Waals surface area contributed by atoms with E-state index in [1.54, 1.807) is 0 Å². The van der Waals surface area contributed by atoms with Crippen LogP contribution >= 0.6 is 11.3 Å². The highest BCUT2D eigenvalue weighted by molar-refractivity contribution is 7.22. The third kappa shape index (κ3) is 3.59. The second-order valence-corrected chi connectivity index (χ2v) is 7.48. The Morgan fingerprint density at radius 1 is 1.11 bits per heavy atom. The number of nitrogens with zero attached hydrogens (tertiary/aromatic N) is 2. The van der Waals surface area contributed by atoms with Crippen molar-refractivity contribution in [1.29, 1.82) is 0 Å². The average Bonchev–Trinajstić information content (AvgIpc) is 3.16. The zero-order valence-electron chi connectivity index (χ0n) is 15.4. The normalized spacial score (nSPS) is 10.9. The Hall–Kier alpha value is -3.25. The van der Waals surface area contributed by atoms with Gasteiger partial charge in [0.1, 0.15) is 11.2 Å². The van der Waals surface area contributed by atoms with E-state index >= 15 is 0 Å². The Labute approximate surface area is 166 Å². The molecule has 0 saturated carbocycles. The van der Waals surface area contributed by atoms with Gasteiger partial charge < -0.3 is 5.32 Å². The summed E-state index contributed by atoms with van der Waals surface area (Å²) in [7, 11) is 0. The molecule has 0 unspecified atom stereocenters. The van der Waals surface area contributed by atoms with E-state index in [9.17, 15) is 9.59 Å². The third-order valence-corrected chi connectivity index (χ3v) is 5.71. The van der Waals surface area contributed by atoms with E-state index in [2.05, 4.69) is 10.3 Å². The van der Waals surface area contributed by atoms with Crippen LogP contribution in [-0.4, -0.2) is 15.5 Å². The van der Waals surface area contributed by atoms with Crippen molar-refractivity contribution in [2.75, 3.05) is 5.32 Å². The molecule has 4 aromatic rings. The summed E-state index contributed by atoms with van der Waals surface area (Å²) >= 11 is 1.40. The monoisotopic (exact) mass is 389 g/mol. The summed E-state index contributed by atoms with van der Waals surface area (Å²) in [6.07, 6.45) is 2.26. The minimum absolute atomic E-state index is 0.0710. The van der Waals surface area contributed by atoms with Crippen molar-refractivity contribution in [2.45, 2.75) is 19.9 Å². The Kier molecular flexibility index (Phi) is 5.04. The minimum atomic E-state index is -0.246. The molecule has 5 nitrogen and oxygen atoms in total. The van der Waals surface area contributed by atoms with Crippen molar-refractivity contribution < 1.29 is 4.79 Å². The summed E-state index contributed by atoms with van der Waals surface area (Å²) < 4.78 is 1.92. The summed E-state index contributed by atoms with van der Waals surface area (Å²) in [5.74, 6) is -0.246. The topological polar surface area (TPSA) is 64.0 Å². The molecule has 2 heterocycles. The number of anilines is 1. The van der Waals surface area contributed by atoms with Crippen LogP contribution in [0.2, 0.25) is 0 Å². The zero-order valence-corrected chi connectivity index (χ0v) is 16.2. The quantitative estimate of drug-likeness (QED) is 0.553. The number of fused-ring (bicyclic) bond motifs is 1. The van der Waals surface area contributed by atoms with Crippen LogP contribution in [0.4, 0.5) is 5.69 Å². The molecule has 0 aliphatic carbocycles. The number of carbonyl (C=O) groups excluding carboxylic acids is 1. The molecule has 0 saturated heterocycles. The fraction of sp³-hybridized carbons (Fsp3) is 0.136. The van der Waals surface area contributed by atoms with E-state index < -0.39 is 0 Å². The molecule has 1 N–H and O–H groups in total. The zero-order chi connectivity index (χ0) is 19.5. The van der Waals surface area contributed by atoms with Gasteiger partial charge in [-0.2, -0.15) is 0 Å². The molecule has 0 bridgehead atoms. The SMILES string of the molecule is CCc1ccccc1NC(=O)Cn1cnc2cc(-c3ccccc3)sc2c1=O. The lowest BCUT2D eigenvalue weighted by Crippen LogP contribution is -2.27. The molecule has 2 aromatic heterocycles. The maximum Gasteiger partial charge on any atom is 0.271 e. The van der Waals surface area contributed by atoms with Gasteiger partial charge in [0.25, 0.3) is 5.56 Å². The van der Waals surface area contributed by atoms with Gasteiger partial charge >= 0.3 is 0 Å². The summed E-state index contributed by atoms with van der Waals surface area (Å²) in [6.45, 7) is 1.97. The molecule has 1 amide bonds. The molecule has 2 aromatic carbocycles. The van der Waals surface area contributed by atoms with Crippen LogP contribution in [0, 0.1) is 0 Å². The molecule has 0 aliphatic rings. The lowest BCUT2D eigenvalue weighted by atomic mass is 10.1.